The van der Waals surface area contributed by atoms with Gasteiger partial charge in [0.05, 0.1) is 12.5 Å². The molecule has 6 heteroatoms. The summed E-state index contributed by atoms with van der Waals surface area (Å²) in [5, 5.41) is 10.2. The third-order valence-electron chi connectivity index (χ3n) is 2.74. The van der Waals surface area contributed by atoms with Crippen molar-refractivity contribution in [3.63, 3.8) is 0 Å². The second kappa shape index (κ2) is 5.07. The molecule has 0 aliphatic carbocycles. The number of nitrogens with one attached hydrogen (secondary N) is 2. The quantitative estimate of drug-likeness (QED) is 0.720. The second-order valence-electron chi connectivity index (χ2n) is 4.10. The number of carbonyl (C=O) groups is 1. The highest BCUT2D eigenvalue weighted by Gasteiger charge is 2.20. The molecule has 2 rings (SSSR count). The maximum Gasteiger partial charge on any atom is 0.224 e. The summed E-state index contributed by atoms with van der Waals surface area (Å²) in [6, 6.07) is 0. The van der Waals surface area contributed by atoms with Crippen molar-refractivity contribution in [3.8, 4) is 0 Å². The number of aromatic nitrogens is 3. The first-order chi connectivity index (χ1) is 7.75. The first-order valence-electron chi connectivity index (χ1n) is 5.58. The highest BCUT2D eigenvalue weighted by molar-refractivity contribution is 5.78. The third kappa shape index (κ3) is 2.79. The lowest BCUT2D eigenvalue weighted by Gasteiger charge is -2.21. The molecule has 6 nitrogen and oxygen atoms in total. The van der Waals surface area contributed by atoms with Crippen LogP contribution < -0.4 is 10.6 Å². The first-order valence-corrected chi connectivity index (χ1v) is 5.58. The van der Waals surface area contributed by atoms with Crippen molar-refractivity contribution >= 4 is 5.91 Å². The summed E-state index contributed by atoms with van der Waals surface area (Å²) in [6.45, 7) is 2.21. The van der Waals surface area contributed by atoms with Gasteiger partial charge in [0.15, 0.2) is 5.82 Å². The number of rotatable bonds is 3. The molecule has 1 aromatic heterocycles. The van der Waals surface area contributed by atoms with Crippen LogP contribution in [0, 0.1) is 5.92 Å². The van der Waals surface area contributed by atoms with Crippen LogP contribution in [0.1, 0.15) is 18.7 Å². The van der Waals surface area contributed by atoms with E-state index in [2.05, 4.69) is 20.7 Å². The van der Waals surface area contributed by atoms with Gasteiger partial charge in [-0.25, -0.2) is 4.98 Å². The Kier molecular flexibility index (Phi) is 3.51. The molecule has 0 saturated carbocycles. The van der Waals surface area contributed by atoms with Crippen LogP contribution in [-0.4, -0.2) is 33.8 Å². The minimum Gasteiger partial charge on any atom is -0.348 e. The lowest BCUT2D eigenvalue weighted by atomic mass is 9.99. The van der Waals surface area contributed by atoms with Crippen LogP contribution in [-0.2, 0) is 18.4 Å². The van der Waals surface area contributed by atoms with Gasteiger partial charge >= 0.3 is 0 Å². The van der Waals surface area contributed by atoms with Crippen molar-refractivity contribution in [2.24, 2.45) is 13.0 Å². The van der Waals surface area contributed by atoms with E-state index < -0.39 is 0 Å². The normalized spacial score (nSPS) is 20.7. The molecule has 0 aromatic carbocycles. The molecule has 0 spiro atoms. The fraction of sp³-hybridized carbons (Fsp3) is 0.700. The van der Waals surface area contributed by atoms with E-state index in [0.717, 1.165) is 25.9 Å². The van der Waals surface area contributed by atoms with Crippen molar-refractivity contribution in [1.29, 1.82) is 0 Å². The maximum atomic E-state index is 11.8. The maximum absolute atomic E-state index is 11.8. The molecule has 0 unspecified atom stereocenters. The Labute approximate surface area is 94.4 Å². The molecule has 1 saturated heterocycles. The largest absolute Gasteiger partial charge is 0.348 e. The molecule has 0 radical (unpaired) electrons. The van der Waals surface area contributed by atoms with Crippen LogP contribution in [0.2, 0.25) is 0 Å². The molecule has 2 heterocycles. The molecule has 1 aliphatic rings. The second-order valence-corrected chi connectivity index (χ2v) is 4.10. The first kappa shape index (κ1) is 11.1. The van der Waals surface area contributed by atoms with E-state index in [1.165, 1.54) is 0 Å². The van der Waals surface area contributed by atoms with Gasteiger partial charge in [0.2, 0.25) is 5.91 Å². The summed E-state index contributed by atoms with van der Waals surface area (Å²) >= 11 is 0. The van der Waals surface area contributed by atoms with Crippen LogP contribution in [0.3, 0.4) is 0 Å². The summed E-state index contributed by atoms with van der Waals surface area (Å²) in [7, 11) is 1.81. The monoisotopic (exact) mass is 223 g/mol. The Hall–Kier alpha value is -1.43. The number of hydrogen-bond donors (Lipinski definition) is 2. The highest BCUT2D eigenvalue weighted by Crippen LogP contribution is 2.09. The van der Waals surface area contributed by atoms with Crippen molar-refractivity contribution in [3.05, 3.63) is 12.2 Å². The number of aryl methyl sites for hydroxylation is 1. The van der Waals surface area contributed by atoms with Crippen molar-refractivity contribution in [2.75, 3.05) is 13.1 Å². The van der Waals surface area contributed by atoms with Gasteiger partial charge < -0.3 is 10.6 Å². The van der Waals surface area contributed by atoms with Crippen molar-refractivity contribution in [1.82, 2.24) is 25.4 Å². The molecule has 1 aliphatic heterocycles. The van der Waals surface area contributed by atoms with Gasteiger partial charge in [-0.1, -0.05) is 0 Å². The Bertz CT molecular complexity index is 356. The Morgan fingerprint density at radius 2 is 2.62 bits per heavy atom. The summed E-state index contributed by atoms with van der Waals surface area (Å²) in [6.07, 6.45) is 3.66. The number of amides is 1. The minimum atomic E-state index is 0.0949. The van der Waals surface area contributed by atoms with Gasteiger partial charge in [-0.05, 0) is 19.4 Å². The van der Waals surface area contributed by atoms with Crippen LogP contribution >= 0.6 is 0 Å². The predicted octanol–water partition coefficient (Wildman–Crippen LogP) is -0.569. The van der Waals surface area contributed by atoms with E-state index in [0.29, 0.717) is 12.4 Å². The zero-order valence-electron chi connectivity index (χ0n) is 9.44. The molecule has 1 amide bonds. The van der Waals surface area contributed by atoms with Gasteiger partial charge in [-0.3, -0.25) is 9.48 Å². The SMILES string of the molecule is Cn1cnc(CNC(=O)[C@@H]2CCCNC2)n1. The van der Waals surface area contributed by atoms with Gasteiger partial charge in [-0.2, -0.15) is 5.10 Å². The highest BCUT2D eigenvalue weighted by atomic mass is 16.1. The molecule has 2 N–H and O–H groups in total. The molecular formula is C10H17N5O. The van der Waals surface area contributed by atoms with Crippen LogP contribution in [0.15, 0.2) is 6.33 Å². The molecular weight excluding hydrogens is 206 g/mol. The Morgan fingerprint density at radius 3 is 3.25 bits per heavy atom. The van der Waals surface area contributed by atoms with Gasteiger partial charge in [0.25, 0.3) is 0 Å². The van der Waals surface area contributed by atoms with E-state index in [1.807, 2.05) is 7.05 Å². The zero-order chi connectivity index (χ0) is 11.4. The Balaban J connectivity index is 1.78. The number of nitrogens with zero attached hydrogens (tertiary/aromatic N) is 3. The molecule has 1 atom stereocenters. The van der Waals surface area contributed by atoms with Gasteiger partial charge in [0, 0.05) is 13.6 Å². The fourth-order valence-corrected chi connectivity index (χ4v) is 1.85. The minimum absolute atomic E-state index is 0.0949. The van der Waals surface area contributed by atoms with E-state index >= 15 is 0 Å². The van der Waals surface area contributed by atoms with E-state index in [9.17, 15) is 4.79 Å². The number of hydrogen-bond acceptors (Lipinski definition) is 4. The summed E-state index contributed by atoms with van der Waals surface area (Å²) < 4.78 is 1.63. The molecule has 1 fully saturated rings. The van der Waals surface area contributed by atoms with Crippen molar-refractivity contribution < 1.29 is 4.79 Å². The third-order valence-corrected chi connectivity index (χ3v) is 2.74. The Morgan fingerprint density at radius 1 is 1.75 bits per heavy atom. The van der Waals surface area contributed by atoms with E-state index in [4.69, 9.17) is 0 Å². The zero-order valence-corrected chi connectivity index (χ0v) is 9.44. The molecule has 1 aromatic rings. The lowest BCUT2D eigenvalue weighted by Crippen LogP contribution is -2.40. The lowest BCUT2D eigenvalue weighted by molar-refractivity contribution is -0.125. The summed E-state index contributed by atoms with van der Waals surface area (Å²) in [5.41, 5.74) is 0. The van der Waals surface area contributed by atoms with Gasteiger partial charge in [0.1, 0.15) is 6.33 Å². The van der Waals surface area contributed by atoms with Gasteiger partial charge in [-0.15, -0.1) is 0 Å². The number of piperidine rings is 1. The molecule has 0 bridgehead atoms. The van der Waals surface area contributed by atoms with Crippen LogP contribution in [0.25, 0.3) is 0 Å². The fourth-order valence-electron chi connectivity index (χ4n) is 1.85. The molecule has 16 heavy (non-hydrogen) atoms. The van der Waals surface area contributed by atoms with Crippen LogP contribution in [0.4, 0.5) is 0 Å². The van der Waals surface area contributed by atoms with Crippen molar-refractivity contribution in [2.45, 2.75) is 19.4 Å². The van der Waals surface area contributed by atoms with E-state index in [1.54, 1.807) is 11.0 Å². The van der Waals surface area contributed by atoms with E-state index in [-0.39, 0.29) is 11.8 Å². The average Bonchev–Trinajstić information content (AvgIpc) is 2.73. The standard InChI is InChI=1S/C10H17N5O/c1-15-7-13-9(14-15)6-12-10(16)8-3-2-4-11-5-8/h7-8,11H,2-6H2,1H3,(H,12,16)/t8-/m1/s1. The average molecular weight is 223 g/mol. The summed E-state index contributed by atoms with van der Waals surface area (Å²) in [4.78, 5) is 15.8. The smallest absolute Gasteiger partial charge is 0.224 e. The topological polar surface area (TPSA) is 71.8 Å². The summed E-state index contributed by atoms with van der Waals surface area (Å²) in [5.74, 6) is 0.844. The number of carbonyl (C=O) groups excluding carboxylic acids is 1. The predicted molar refractivity (Wildman–Crippen MR) is 58.4 cm³/mol. The molecule has 88 valence electrons. The van der Waals surface area contributed by atoms with Crippen LogP contribution in [0.5, 0.6) is 0 Å².